The summed E-state index contributed by atoms with van der Waals surface area (Å²) in [5, 5.41) is 0.440. The third-order valence-electron chi connectivity index (χ3n) is 2.85. The molecule has 0 saturated heterocycles. The lowest BCUT2D eigenvalue weighted by molar-refractivity contribution is -0.00315. The minimum Gasteiger partial charge on any atom is -0.361 e. The van der Waals surface area contributed by atoms with Crippen LogP contribution in [0.2, 0.25) is 5.02 Å². The molecule has 0 aliphatic heterocycles. The number of amidine groups is 1. The van der Waals surface area contributed by atoms with Gasteiger partial charge in [-0.15, -0.1) is 4.40 Å². The van der Waals surface area contributed by atoms with Crippen LogP contribution < -0.4 is 0 Å². The van der Waals surface area contributed by atoms with E-state index in [0.29, 0.717) is 18.1 Å². The maximum atomic E-state index is 12.3. The minimum atomic E-state index is -3.90. The molecule has 0 amide bonds. The van der Waals surface area contributed by atoms with Crippen molar-refractivity contribution in [2.45, 2.75) is 25.7 Å². The van der Waals surface area contributed by atoms with Gasteiger partial charge in [-0.25, -0.2) is 0 Å². The maximum absolute atomic E-state index is 12.3. The summed E-state index contributed by atoms with van der Waals surface area (Å²) in [6, 6.07) is 5.72. The molecule has 114 valence electrons. The Balaban J connectivity index is 3.38. The zero-order valence-corrected chi connectivity index (χ0v) is 13.7. The quantitative estimate of drug-likeness (QED) is 0.360. The van der Waals surface area contributed by atoms with E-state index in [0.717, 1.165) is 0 Å². The standard InChI is InChI=1S/C13H17ClN4O2S/c1-4-18(5-2)13(10(3)16-15)17-21(19,20)12-8-6-11(14)7-9-12/h6-9H,4-5H2,1-3H3/b17-13-. The summed E-state index contributed by atoms with van der Waals surface area (Å²) in [4.78, 5) is 4.78. The Morgan fingerprint density at radius 3 is 2.24 bits per heavy atom. The lowest BCUT2D eigenvalue weighted by Crippen LogP contribution is -2.36. The molecule has 1 aromatic carbocycles. The van der Waals surface area contributed by atoms with Gasteiger partial charge in [-0.2, -0.15) is 13.2 Å². The van der Waals surface area contributed by atoms with Gasteiger partial charge in [0.1, 0.15) is 0 Å². The second-order valence-corrected chi connectivity index (χ2v) is 6.24. The van der Waals surface area contributed by atoms with Crippen molar-refractivity contribution in [1.82, 2.24) is 4.90 Å². The third kappa shape index (κ3) is 4.39. The van der Waals surface area contributed by atoms with Crippen LogP contribution in [-0.4, -0.2) is 42.7 Å². The van der Waals surface area contributed by atoms with Gasteiger partial charge in [0.2, 0.25) is 5.84 Å². The minimum absolute atomic E-state index is 0.0299. The Morgan fingerprint density at radius 1 is 1.29 bits per heavy atom. The first kappa shape index (κ1) is 17.4. The fourth-order valence-electron chi connectivity index (χ4n) is 1.69. The summed E-state index contributed by atoms with van der Waals surface area (Å²) in [5.74, 6) is 0.123. The molecule has 8 heteroatoms. The van der Waals surface area contributed by atoms with E-state index < -0.39 is 10.0 Å². The van der Waals surface area contributed by atoms with E-state index >= 15 is 0 Å². The van der Waals surface area contributed by atoms with E-state index in [1.54, 1.807) is 4.90 Å². The fraction of sp³-hybridized carbons (Fsp3) is 0.385. The summed E-state index contributed by atoms with van der Waals surface area (Å²) in [7, 11) is -3.90. The zero-order chi connectivity index (χ0) is 16.0. The lowest BCUT2D eigenvalue weighted by Gasteiger charge is -2.19. The van der Waals surface area contributed by atoms with Gasteiger partial charge in [-0.1, -0.05) is 11.6 Å². The second kappa shape index (κ2) is 7.36. The van der Waals surface area contributed by atoms with Crippen molar-refractivity contribution in [2.75, 3.05) is 13.1 Å². The van der Waals surface area contributed by atoms with Crippen LogP contribution in [0.3, 0.4) is 0 Å². The topological polar surface area (TPSA) is 86.1 Å². The number of hydrogen-bond donors (Lipinski definition) is 0. The molecule has 21 heavy (non-hydrogen) atoms. The van der Waals surface area contributed by atoms with E-state index in [4.69, 9.17) is 17.1 Å². The molecule has 6 nitrogen and oxygen atoms in total. The number of hydrogen-bond acceptors (Lipinski definition) is 2. The predicted octanol–water partition coefficient (Wildman–Crippen LogP) is 2.46. The number of benzene rings is 1. The molecule has 0 saturated carbocycles. The predicted molar refractivity (Wildman–Crippen MR) is 83.3 cm³/mol. The Hall–Kier alpha value is -1.69. The van der Waals surface area contributed by atoms with Crippen LogP contribution in [0.25, 0.3) is 5.53 Å². The van der Waals surface area contributed by atoms with Gasteiger partial charge in [-0.05, 0) is 38.1 Å². The smallest absolute Gasteiger partial charge is 0.331 e. The maximum Gasteiger partial charge on any atom is 0.331 e. The van der Waals surface area contributed by atoms with Gasteiger partial charge in [0.25, 0.3) is 10.0 Å². The molecule has 1 rings (SSSR count). The van der Waals surface area contributed by atoms with Crippen molar-refractivity contribution in [1.29, 1.82) is 0 Å². The first-order valence-electron chi connectivity index (χ1n) is 6.40. The highest BCUT2D eigenvalue weighted by atomic mass is 35.5. The molecule has 0 bridgehead atoms. The number of sulfonamides is 1. The fourth-order valence-corrected chi connectivity index (χ4v) is 2.88. The van der Waals surface area contributed by atoms with Crippen LogP contribution in [0.4, 0.5) is 0 Å². The highest BCUT2D eigenvalue weighted by Crippen LogP contribution is 2.16. The molecule has 0 N–H and O–H groups in total. The molecule has 0 radical (unpaired) electrons. The molecule has 0 spiro atoms. The second-order valence-electron chi connectivity index (χ2n) is 4.20. The van der Waals surface area contributed by atoms with Gasteiger partial charge >= 0.3 is 5.71 Å². The van der Waals surface area contributed by atoms with E-state index in [9.17, 15) is 8.42 Å². The largest absolute Gasteiger partial charge is 0.361 e. The Kier molecular flexibility index (Phi) is 6.08. The normalized spacial score (nSPS) is 11.9. The van der Waals surface area contributed by atoms with E-state index in [-0.39, 0.29) is 16.4 Å². The Labute approximate surface area is 129 Å². The Bertz CT molecular complexity index is 673. The number of rotatable bonds is 5. The van der Waals surface area contributed by atoms with Gasteiger partial charge in [0.05, 0.1) is 4.90 Å². The summed E-state index contributed by atoms with van der Waals surface area (Å²) < 4.78 is 28.4. The molecule has 0 aliphatic rings. The molecule has 0 aliphatic carbocycles. The van der Waals surface area contributed by atoms with Gasteiger partial charge in [0, 0.05) is 25.0 Å². The SMILES string of the molecule is CCN(CC)/C(=N\S(=O)(=O)c1ccc(Cl)cc1)C(C)=[N+]=[N-]. The van der Waals surface area contributed by atoms with Crippen LogP contribution in [-0.2, 0) is 10.0 Å². The van der Waals surface area contributed by atoms with E-state index in [1.807, 2.05) is 13.8 Å². The molecule has 0 fully saturated rings. The summed E-state index contributed by atoms with van der Waals surface area (Å²) in [6.07, 6.45) is 0. The Morgan fingerprint density at radius 2 is 1.81 bits per heavy atom. The average molecular weight is 329 g/mol. The van der Waals surface area contributed by atoms with E-state index in [1.165, 1.54) is 31.2 Å². The third-order valence-corrected chi connectivity index (χ3v) is 4.39. The van der Waals surface area contributed by atoms with Crippen LogP contribution in [0.1, 0.15) is 20.8 Å². The van der Waals surface area contributed by atoms with Crippen LogP contribution in [0, 0.1) is 0 Å². The van der Waals surface area contributed by atoms with E-state index in [2.05, 4.69) is 9.19 Å². The summed E-state index contributed by atoms with van der Waals surface area (Å²) >= 11 is 5.74. The average Bonchev–Trinajstić information content (AvgIpc) is 2.47. The van der Waals surface area contributed by atoms with Gasteiger partial charge in [-0.3, -0.25) is 0 Å². The highest BCUT2D eigenvalue weighted by molar-refractivity contribution is 7.90. The van der Waals surface area contributed by atoms with Crippen LogP contribution >= 0.6 is 11.6 Å². The van der Waals surface area contributed by atoms with Gasteiger partial charge in [0.15, 0.2) is 0 Å². The van der Waals surface area contributed by atoms with Crippen molar-refractivity contribution in [3.05, 3.63) is 34.8 Å². The molecular weight excluding hydrogens is 312 g/mol. The number of halogens is 1. The molecule has 0 aromatic heterocycles. The first-order chi connectivity index (χ1) is 9.85. The van der Waals surface area contributed by atoms with Crippen molar-refractivity contribution in [3.63, 3.8) is 0 Å². The molecule has 1 aromatic rings. The summed E-state index contributed by atoms with van der Waals surface area (Å²) in [5.41, 5.74) is 9.05. The monoisotopic (exact) mass is 328 g/mol. The first-order valence-corrected chi connectivity index (χ1v) is 8.22. The zero-order valence-electron chi connectivity index (χ0n) is 12.1. The van der Waals surface area contributed by atoms with Gasteiger partial charge < -0.3 is 10.4 Å². The number of nitrogens with zero attached hydrogens (tertiary/aromatic N) is 4. The lowest BCUT2D eigenvalue weighted by atomic mass is 10.3. The van der Waals surface area contributed by atoms with Crippen LogP contribution in [0.5, 0.6) is 0 Å². The summed E-state index contributed by atoms with van der Waals surface area (Å²) in [6.45, 7) is 6.29. The van der Waals surface area contributed by atoms with Crippen LogP contribution in [0.15, 0.2) is 33.6 Å². The molecular formula is C13H17ClN4O2S. The van der Waals surface area contributed by atoms with Crippen molar-refractivity contribution < 1.29 is 13.2 Å². The molecule has 0 heterocycles. The molecule has 0 atom stereocenters. The van der Waals surface area contributed by atoms with Crippen molar-refractivity contribution in [2.24, 2.45) is 4.40 Å². The molecule has 0 unspecified atom stereocenters. The van der Waals surface area contributed by atoms with Crippen molar-refractivity contribution in [3.8, 4) is 0 Å². The highest BCUT2D eigenvalue weighted by Gasteiger charge is 2.23. The van der Waals surface area contributed by atoms with Crippen molar-refractivity contribution >= 4 is 33.2 Å².